The quantitative estimate of drug-likeness (QED) is 0.349. The molecular weight excluding hydrogens is 290 g/mol. The number of hydrogen-bond donors (Lipinski definition) is 3. The van der Waals surface area contributed by atoms with E-state index in [-0.39, 0.29) is 0 Å². The normalized spacial score (nSPS) is 16.0. The highest BCUT2D eigenvalue weighted by Gasteiger charge is 2.07. The molecule has 7 heteroatoms. The van der Waals surface area contributed by atoms with E-state index in [9.17, 15) is 0 Å². The molecule has 134 valence electrons. The maximum absolute atomic E-state index is 9.14. The molecule has 0 radical (unpaired) electrons. The molecule has 0 heterocycles. The maximum Gasteiger partial charge on any atom is 0.0745 e. The van der Waals surface area contributed by atoms with Crippen molar-refractivity contribution in [3.05, 3.63) is 0 Å². The molecule has 0 bridgehead atoms. The summed E-state index contributed by atoms with van der Waals surface area (Å²) in [6, 6.07) is 0. The summed E-state index contributed by atoms with van der Waals surface area (Å²) < 4.78 is 16.1. The van der Waals surface area contributed by atoms with Gasteiger partial charge < -0.3 is 29.5 Å². The van der Waals surface area contributed by atoms with Crippen LogP contribution in [0.1, 0.15) is 20.8 Å². The van der Waals surface area contributed by atoms with E-state index in [0.717, 1.165) is 0 Å². The molecule has 0 saturated carbocycles. The summed E-state index contributed by atoms with van der Waals surface area (Å²) in [6.07, 6.45) is -1.38. The minimum atomic E-state index is -0.461. The Bertz CT molecular complexity index is 200. The van der Waals surface area contributed by atoms with Crippen molar-refractivity contribution in [1.82, 2.24) is 4.90 Å². The lowest BCUT2D eigenvalue weighted by Crippen LogP contribution is -2.35. The Morgan fingerprint density at radius 3 is 1.14 bits per heavy atom. The third-order valence-corrected chi connectivity index (χ3v) is 2.73. The van der Waals surface area contributed by atoms with Crippen molar-refractivity contribution in [1.29, 1.82) is 0 Å². The zero-order valence-corrected chi connectivity index (χ0v) is 14.1. The summed E-state index contributed by atoms with van der Waals surface area (Å²) >= 11 is 0. The average Bonchev–Trinajstić information content (AvgIpc) is 2.42. The lowest BCUT2D eigenvalue weighted by atomic mass is 10.4. The Labute approximate surface area is 133 Å². The highest BCUT2D eigenvalue weighted by Crippen LogP contribution is 1.94. The van der Waals surface area contributed by atoms with E-state index >= 15 is 0 Å². The minimum absolute atomic E-state index is 0.324. The van der Waals surface area contributed by atoms with E-state index in [1.165, 1.54) is 0 Å². The van der Waals surface area contributed by atoms with Gasteiger partial charge in [-0.05, 0) is 20.8 Å². The second-order valence-electron chi connectivity index (χ2n) is 5.61. The van der Waals surface area contributed by atoms with Gasteiger partial charge in [0.15, 0.2) is 0 Å². The fourth-order valence-corrected chi connectivity index (χ4v) is 1.68. The second kappa shape index (κ2) is 14.3. The van der Waals surface area contributed by atoms with Crippen LogP contribution in [0.2, 0.25) is 0 Å². The molecule has 22 heavy (non-hydrogen) atoms. The van der Waals surface area contributed by atoms with Crippen LogP contribution in [0.3, 0.4) is 0 Å². The molecule has 0 aliphatic rings. The van der Waals surface area contributed by atoms with Crippen LogP contribution in [0.5, 0.6) is 0 Å². The van der Waals surface area contributed by atoms with Gasteiger partial charge in [-0.3, -0.25) is 4.90 Å². The maximum atomic E-state index is 9.14. The van der Waals surface area contributed by atoms with E-state index in [4.69, 9.17) is 29.5 Å². The number of ether oxygens (including phenoxy) is 3. The van der Waals surface area contributed by atoms with Crippen LogP contribution in [0.25, 0.3) is 0 Å². The molecule has 0 aliphatic carbocycles. The number of rotatable bonds is 15. The van der Waals surface area contributed by atoms with Crippen LogP contribution in [0.15, 0.2) is 0 Å². The van der Waals surface area contributed by atoms with Crippen molar-refractivity contribution in [2.75, 3.05) is 59.3 Å². The minimum Gasteiger partial charge on any atom is -0.391 e. The van der Waals surface area contributed by atoms with Crippen molar-refractivity contribution < 1.29 is 29.5 Å². The van der Waals surface area contributed by atoms with Crippen molar-refractivity contribution in [3.63, 3.8) is 0 Å². The highest BCUT2D eigenvalue weighted by atomic mass is 16.5. The molecule has 0 aromatic rings. The van der Waals surface area contributed by atoms with Gasteiger partial charge in [0.05, 0.1) is 58.0 Å². The van der Waals surface area contributed by atoms with Crippen molar-refractivity contribution >= 4 is 0 Å². The molecule has 0 amide bonds. The molecule has 0 aromatic carbocycles. The Morgan fingerprint density at radius 2 is 0.909 bits per heavy atom. The predicted octanol–water partition coefficient (Wildman–Crippen LogP) is -0.519. The fourth-order valence-electron chi connectivity index (χ4n) is 1.68. The first-order chi connectivity index (χ1) is 10.4. The van der Waals surface area contributed by atoms with Crippen LogP contribution >= 0.6 is 0 Å². The van der Waals surface area contributed by atoms with Crippen LogP contribution in [0.4, 0.5) is 0 Å². The van der Waals surface area contributed by atoms with Crippen LogP contribution in [-0.2, 0) is 14.2 Å². The standard InChI is InChI=1S/C15H33NO6/c1-13(17)10-20-7-4-16(5-8-21-11-14(2)18)6-9-22-12-15(3)19/h13-15,17-19H,4-12H2,1-3H3. The molecule has 0 saturated heterocycles. The molecule has 3 unspecified atom stereocenters. The number of aliphatic hydroxyl groups is 3. The Kier molecular flexibility index (Phi) is 14.1. The second-order valence-corrected chi connectivity index (χ2v) is 5.61. The molecule has 0 rings (SSSR count). The molecule has 0 fully saturated rings. The van der Waals surface area contributed by atoms with E-state index in [1.54, 1.807) is 20.8 Å². The molecule has 3 N–H and O–H groups in total. The van der Waals surface area contributed by atoms with E-state index in [2.05, 4.69) is 4.90 Å². The number of hydrogen-bond acceptors (Lipinski definition) is 7. The van der Waals surface area contributed by atoms with E-state index in [0.29, 0.717) is 59.3 Å². The summed E-state index contributed by atoms with van der Waals surface area (Å²) in [5, 5.41) is 27.4. The molecule has 0 spiro atoms. The molecule has 3 atom stereocenters. The van der Waals surface area contributed by atoms with Crippen molar-refractivity contribution in [2.45, 2.75) is 39.1 Å². The van der Waals surface area contributed by atoms with Crippen molar-refractivity contribution in [2.24, 2.45) is 0 Å². The fraction of sp³-hybridized carbons (Fsp3) is 1.00. The predicted molar refractivity (Wildman–Crippen MR) is 83.9 cm³/mol. The first-order valence-electron chi connectivity index (χ1n) is 7.91. The van der Waals surface area contributed by atoms with Crippen molar-refractivity contribution in [3.8, 4) is 0 Å². The van der Waals surface area contributed by atoms with E-state index < -0.39 is 18.3 Å². The number of aliphatic hydroxyl groups excluding tert-OH is 3. The van der Waals surface area contributed by atoms with Crippen LogP contribution < -0.4 is 0 Å². The smallest absolute Gasteiger partial charge is 0.0745 e. The van der Waals surface area contributed by atoms with Gasteiger partial charge in [0.1, 0.15) is 0 Å². The summed E-state index contributed by atoms with van der Waals surface area (Å²) in [6.45, 7) is 9.74. The first kappa shape index (κ1) is 21.7. The largest absolute Gasteiger partial charge is 0.391 e. The Hall–Kier alpha value is -0.280. The molecular formula is C15H33NO6. The van der Waals surface area contributed by atoms with Crippen LogP contribution in [0, 0.1) is 0 Å². The lowest BCUT2D eigenvalue weighted by molar-refractivity contribution is 0.00447. The van der Waals surface area contributed by atoms with E-state index in [1.807, 2.05) is 0 Å². The van der Waals surface area contributed by atoms with Gasteiger partial charge in [0, 0.05) is 19.6 Å². The average molecular weight is 323 g/mol. The summed E-state index contributed by atoms with van der Waals surface area (Å²) in [5.74, 6) is 0. The summed E-state index contributed by atoms with van der Waals surface area (Å²) in [7, 11) is 0. The van der Waals surface area contributed by atoms with Gasteiger partial charge >= 0.3 is 0 Å². The third kappa shape index (κ3) is 16.1. The van der Waals surface area contributed by atoms with Crippen LogP contribution in [-0.4, -0.2) is 97.8 Å². The third-order valence-electron chi connectivity index (χ3n) is 2.73. The number of nitrogens with zero attached hydrogens (tertiary/aromatic N) is 1. The zero-order valence-electron chi connectivity index (χ0n) is 14.1. The molecule has 0 aliphatic heterocycles. The van der Waals surface area contributed by atoms with Gasteiger partial charge in [-0.2, -0.15) is 0 Å². The highest BCUT2D eigenvalue weighted by molar-refractivity contribution is 4.58. The summed E-state index contributed by atoms with van der Waals surface area (Å²) in [4.78, 5) is 2.13. The SMILES string of the molecule is CC(O)COCCN(CCOCC(C)O)CCOCC(C)O. The molecule has 7 nitrogen and oxygen atoms in total. The van der Waals surface area contributed by atoms with Gasteiger partial charge in [-0.1, -0.05) is 0 Å². The van der Waals surface area contributed by atoms with Gasteiger partial charge in [0.25, 0.3) is 0 Å². The summed E-state index contributed by atoms with van der Waals surface area (Å²) in [5.41, 5.74) is 0. The molecule has 0 aromatic heterocycles. The topological polar surface area (TPSA) is 91.6 Å². The van der Waals surface area contributed by atoms with Gasteiger partial charge in [-0.15, -0.1) is 0 Å². The Balaban J connectivity index is 3.86. The van der Waals surface area contributed by atoms with Gasteiger partial charge in [-0.25, -0.2) is 0 Å². The van der Waals surface area contributed by atoms with Gasteiger partial charge in [0.2, 0.25) is 0 Å². The monoisotopic (exact) mass is 323 g/mol. The Morgan fingerprint density at radius 1 is 0.636 bits per heavy atom. The first-order valence-corrected chi connectivity index (χ1v) is 7.91. The zero-order chi connectivity index (χ0) is 16.8. The lowest BCUT2D eigenvalue weighted by Gasteiger charge is -2.22.